The molecular weight excluding hydrogens is 308 g/mol. The Morgan fingerprint density at radius 2 is 1.86 bits per heavy atom. The Bertz CT molecular complexity index is 677. The first-order valence-corrected chi connectivity index (χ1v) is 8.27. The van der Waals surface area contributed by atoms with Gasteiger partial charge < -0.3 is 5.11 Å². The number of nitrogens with zero attached hydrogens (tertiary/aromatic N) is 1. The molecule has 0 fully saturated rings. The van der Waals surface area contributed by atoms with Crippen molar-refractivity contribution < 1.29 is 18.4 Å². The molecule has 124 valence electrons. The van der Waals surface area contributed by atoms with Gasteiger partial charge in [-0.25, -0.2) is 13.1 Å². The maximum atomic E-state index is 12.6. The first kappa shape index (κ1) is 18.5. The number of aliphatic hydroxyl groups is 1. The van der Waals surface area contributed by atoms with Crippen LogP contribution in [-0.4, -0.2) is 31.1 Å². The summed E-state index contributed by atoms with van der Waals surface area (Å²) in [5.41, 5.74) is 0.195. The van der Waals surface area contributed by atoms with Gasteiger partial charge in [-0.15, -0.1) is 0 Å². The molecule has 0 aromatic heterocycles. The van der Waals surface area contributed by atoms with Crippen molar-refractivity contribution in [3.8, 4) is 0 Å². The molecule has 0 bridgehead atoms. The topological polar surface area (TPSA) is 110 Å². The van der Waals surface area contributed by atoms with Gasteiger partial charge in [0.2, 0.25) is 10.0 Å². The number of sulfonamides is 1. The van der Waals surface area contributed by atoms with E-state index in [0.29, 0.717) is 11.1 Å². The van der Waals surface area contributed by atoms with Crippen LogP contribution in [0.5, 0.6) is 0 Å². The molecule has 22 heavy (non-hydrogen) atoms. The van der Waals surface area contributed by atoms with E-state index >= 15 is 0 Å². The van der Waals surface area contributed by atoms with Crippen molar-refractivity contribution in [3.63, 3.8) is 0 Å². The van der Waals surface area contributed by atoms with Crippen LogP contribution in [-0.2, 0) is 10.0 Å². The summed E-state index contributed by atoms with van der Waals surface area (Å²) in [7, 11) is -3.98. The van der Waals surface area contributed by atoms with Gasteiger partial charge in [-0.2, -0.15) is 0 Å². The number of hydrogen-bond acceptors (Lipinski definition) is 5. The molecule has 0 aliphatic rings. The Balaban J connectivity index is 3.37. The number of aryl methyl sites for hydroxylation is 1. The van der Waals surface area contributed by atoms with Crippen LogP contribution in [0.25, 0.3) is 0 Å². The minimum absolute atomic E-state index is 0.137. The summed E-state index contributed by atoms with van der Waals surface area (Å²) in [5, 5.41) is 20.3. The maximum Gasteiger partial charge on any atom is 0.271 e. The first-order chi connectivity index (χ1) is 9.90. The highest BCUT2D eigenvalue weighted by Crippen LogP contribution is 2.27. The van der Waals surface area contributed by atoms with Gasteiger partial charge in [-0.1, -0.05) is 20.8 Å². The minimum atomic E-state index is -3.98. The first-order valence-electron chi connectivity index (χ1n) is 6.79. The molecule has 1 aromatic rings. The van der Waals surface area contributed by atoms with Gasteiger partial charge >= 0.3 is 0 Å². The Labute approximate surface area is 130 Å². The number of rotatable bonds is 5. The van der Waals surface area contributed by atoms with Crippen molar-refractivity contribution in [2.75, 3.05) is 6.61 Å². The van der Waals surface area contributed by atoms with Gasteiger partial charge in [-0.05, 0) is 30.4 Å². The van der Waals surface area contributed by atoms with Crippen molar-refractivity contribution >= 4 is 15.7 Å². The average molecular weight is 330 g/mol. The molecule has 0 aliphatic carbocycles. The second kappa shape index (κ2) is 6.31. The maximum absolute atomic E-state index is 12.6. The summed E-state index contributed by atoms with van der Waals surface area (Å²) in [6, 6.07) is 1.68. The third-order valence-electron chi connectivity index (χ3n) is 3.63. The zero-order valence-electron chi connectivity index (χ0n) is 13.4. The molecule has 8 heteroatoms. The van der Waals surface area contributed by atoms with Gasteiger partial charge in [0.25, 0.3) is 5.69 Å². The lowest BCUT2D eigenvalue weighted by molar-refractivity contribution is -0.385. The van der Waals surface area contributed by atoms with Crippen LogP contribution in [0.15, 0.2) is 17.0 Å². The van der Waals surface area contributed by atoms with Gasteiger partial charge in [0, 0.05) is 18.2 Å². The van der Waals surface area contributed by atoms with Crippen LogP contribution in [0.2, 0.25) is 0 Å². The molecule has 0 aliphatic heterocycles. The fraction of sp³-hybridized carbons (Fsp3) is 0.571. The van der Waals surface area contributed by atoms with Crippen molar-refractivity contribution in [1.82, 2.24) is 4.72 Å². The molecule has 0 unspecified atom stereocenters. The zero-order valence-corrected chi connectivity index (χ0v) is 14.2. The summed E-state index contributed by atoms with van der Waals surface area (Å²) < 4.78 is 27.5. The second-order valence-corrected chi connectivity index (χ2v) is 8.05. The van der Waals surface area contributed by atoms with Crippen LogP contribution < -0.4 is 4.72 Å². The number of nitro groups is 1. The largest absolute Gasteiger partial charge is 0.395 e. The fourth-order valence-corrected chi connectivity index (χ4v) is 3.70. The highest BCUT2D eigenvalue weighted by molar-refractivity contribution is 7.89. The smallest absolute Gasteiger partial charge is 0.271 e. The van der Waals surface area contributed by atoms with Crippen molar-refractivity contribution in [2.24, 2.45) is 5.41 Å². The van der Waals surface area contributed by atoms with E-state index in [2.05, 4.69) is 4.72 Å². The average Bonchev–Trinajstić information content (AvgIpc) is 2.37. The third-order valence-corrected chi connectivity index (χ3v) is 5.23. The van der Waals surface area contributed by atoms with E-state index in [1.165, 1.54) is 6.07 Å². The molecule has 7 nitrogen and oxygen atoms in total. The number of benzene rings is 1. The van der Waals surface area contributed by atoms with Gasteiger partial charge in [-0.3, -0.25) is 10.1 Å². The number of nitro benzene ring substituents is 1. The minimum Gasteiger partial charge on any atom is -0.395 e. The normalized spacial score (nSPS) is 13.9. The van der Waals surface area contributed by atoms with Gasteiger partial charge in [0.1, 0.15) is 0 Å². The van der Waals surface area contributed by atoms with E-state index in [0.717, 1.165) is 6.07 Å². The van der Waals surface area contributed by atoms with E-state index in [1.807, 2.05) is 0 Å². The molecule has 0 saturated heterocycles. The van der Waals surface area contributed by atoms with Crippen molar-refractivity contribution in [3.05, 3.63) is 33.4 Å². The predicted molar refractivity (Wildman–Crippen MR) is 83.2 cm³/mol. The molecular formula is C14H22N2O5S. The van der Waals surface area contributed by atoms with Crippen LogP contribution in [0, 0.1) is 29.4 Å². The monoisotopic (exact) mass is 330 g/mol. The van der Waals surface area contributed by atoms with Gasteiger partial charge in [0.05, 0.1) is 16.4 Å². The molecule has 0 amide bonds. The summed E-state index contributed by atoms with van der Waals surface area (Å²) >= 11 is 0. The Kier molecular flexibility index (Phi) is 5.32. The van der Waals surface area contributed by atoms with Gasteiger partial charge in [0.15, 0.2) is 0 Å². The molecule has 1 atom stereocenters. The number of aliphatic hydroxyl groups excluding tert-OH is 1. The summed E-state index contributed by atoms with van der Waals surface area (Å²) in [6.07, 6.45) is 0. The molecule has 0 radical (unpaired) electrons. The standard InChI is InChI=1S/C14H22N2O5S/c1-9-6-11(16(18)19)7-12(10(9)2)22(20,21)15-13(8-17)14(3,4)5/h6-7,13,15,17H,8H2,1-5H3/t13-/m1/s1. The molecule has 1 aromatic carbocycles. The third kappa shape index (κ3) is 4.02. The van der Waals surface area contributed by atoms with Crippen LogP contribution >= 0.6 is 0 Å². The predicted octanol–water partition coefficient (Wildman–Crippen LogP) is 1.90. The number of hydrogen-bond donors (Lipinski definition) is 2. The highest BCUT2D eigenvalue weighted by atomic mass is 32.2. The lowest BCUT2D eigenvalue weighted by Gasteiger charge is -2.29. The Hall–Kier alpha value is -1.51. The van der Waals surface area contributed by atoms with E-state index in [9.17, 15) is 23.6 Å². The lowest BCUT2D eigenvalue weighted by atomic mass is 9.88. The summed E-state index contributed by atoms with van der Waals surface area (Å²) in [5.74, 6) is 0. The SMILES string of the molecule is Cc1cc([N+](=O)[O-])cc(S(=O)(=O)N[C@H](CO)C(C)(C)C)c1C. The molecule has 2 N–H and O–H groups in total. The van der Waals surface area contributed by atoms with E-state index < -0.39 is 26.4 Å². The lowest BCUT2D eigenvalue weighted by Crippen LogP contribution is -2.46. The van der Waals surface area contributed by atoms with Crippen LogP contribution in [0.1, 0.15) is 31.9 Å². The van der Waals surface area contributed by atoms with Crippen LogP contribution in [0.3, 0.4) is 0 Å². The number of nitrogens with one attached hydrogen (secondary N) is 1. The van der Waals surface area contributed by atoms with Crippen molar-refractivity contribution in [1.29, 1.82) is 0 Å². The molecule has 0 heterocycles. The van der Waals surface area contributed by atoms with E-state index in [-0.39, 0.29) is 17.2 Å². The summed E-state index contributed by atoms with van der Waals surface area (Å²) in [6.45, 7) is 8.23. The molecule has 0 saturated carbocycles. The fourth-order valence-electron chi connectivity index (χ4n) is 1.93. The van der Waals surface area contributed by atoms with E-state index in [1.54, 1.807) is 34.6 Å². The second-order valence-electron chi connectivity index (χ2n) is 6.37. The van der Waals surface area contributed by atoms with E-state index in [4.69, 9.17) is 0 Å². The highest BCUT2D eigenvalue weighted by Gasteiger charge is 2.31. The Morgan fingerprint density at radius 1 is 1.32 bits per heavy atom. The Morgan fingerprint density at radius 3 is 2.27 bits per heavy atom. The molecule has 1 rings (SSSR count). The summed E-state index contributed by atoms with van der Waals surface area (Å²) in [4.78, 5) is 10.2. The van der Waals surface area contributed by atoms with Crippen LogP contribution in [0.4, 0.5) is 5.69 Å². The van der Waals surface area contributed by atoms with Crippen molar-refractivity contribution in [2.45, 2.75) is 45.6 Å². The number of non-ortho nitro benzene ring substituents is 1. The molecule has 0 spiro atoms. The quantitative estimate of drug-likeness (QED) is 0.633. The zero-order chi connectivity index (χ0) is 17.3.